The van der Waals surface area contributed by atoms with Crippen LogP contribution in [0.25, 0.3) is 0 Å². The lowest BCUT2D eigenvalue weighted by atomic mass is 10.0. The quantitative estimate of drug-likeness (QED) is 0.657. The molecule has 2 aromatic rings. The van der Waals surface area contributed by atoms with Crippen molar-refractivity contribution < 1.29 is 14.3 Å². The number of aromatic nitrogens is 2. The van der Waals surface area contributed by atoms with E-state index in [0.29, 0.717) is 49.5 Å². The first-order valence-electron chi connectivity index (χ1n) is 10.2. The van der Waals surface area contributed by atoms with E-state index in [1.54, 1.807) is 14.2 Å². The van der Waals surface area contributed by atoms with Gasteiger partial charge in [-0.2, -0.15) is 9.97 Å². The highest BCUT2D eigenvalue weighted by Crippen LogP contribution is 2.38. The van der Waals surface area contributed by atoms with E-state index >= 15 is 0 Å². The molecule has 0 N–H and O–H groups in total. The second-order valence-corrected chi connectivity index (χ2v) is 7.85. The van der Waals surface area contributed by atoms with Crippen molar-refractivity contribution in [1.82, 2.24) is 14.9 Å². The maximum absolute atomic E-state index is 11.9. The molecule has 0 spiro atoms. The minimum Gasteiger partial charge on any atom is -0.493 e. The smallest absolute Gasteiger partial charge is 0.318 e. The Morgan fingerprint density at radius 1 is 1.10 bits per heavy atom. The van der Waals surface area contributed by atoms with Gasteiger partial charge in [-0.3, -0.25) is 4.79 Å². The van der Waals surface area contributed by atoms with Crippen LogP contribution >= 0.6 is 11.6 Å². The maximum Gasteiger partial charge on any atom is 0.318 e. The van der Waals surface area contributed by atoms with Gasteiger partial charge in [-0.05, 0) is 24.6 Å². The van der Waals surface area contributed by atoms with Crippen molar-refractivity contribution in [3.05, 3.63) is 47.1 Å². The number of benzene rings is 1. The van der Waals surface area contributed by atoms with Crippen molar-refractivity contribution in [1.29, 1.82) is 0 Å². The number of para-hydroxylation sites is 1. The summed E-state index contributed by atoms with van der Waals surface area (Å²) in [5, 5.41) is 0.582. The standard InChI is InChI=1S/C22H26ClN5O3/c1-4-19(29)26-10-12-27(13-11-26)21-15-8-9-28(14-17(15)24-22(25-21)31-3)18-7-5-6-16(23)20(18)30-2/h4-7H,1,8-14H2,2-3H3. The summed E-state index contributed by atoms with van der Waals surface area (Å²) in [6, 6.07) is 6.09. The molecule has 31 heavy (non-hydrogen) atoms. The molecule has 4 rings (SSSR count). The van der Waals surface area contributed by atoms with Gasteiger partial charge >= 0.3 is 6.01 Å². The Labute approximate surface area is 187 Å². The van der Waals surface area contributed by atoms with E-state index in [-0.39, 0.29) is 5.91 Å². The number of ether oxygens (including phenoxy) is 2. The van der Waals surface area contributed by atoms with Crippen LogP contribution in [0.5, 0.6) is 11.8 Å². The number of carbonyl (C=O) groups excluding carboxylic acids is 1. The minimum absolute atomic E-state index is 0.0342. The number of rotatable bonds is 5. The zero-order chi connectivity index (χ0) is 22.0. The summed E-state index contributed by atoms with van der Waals surface area (Å²) in [5.41, 5.74) is 3.00. The Morgan fingerprint density at radius 2 is 1.87 bits per heavy atom. The Bertz CT molecular complexity index is 991. The molecule has 164 valence electrons. The van der Waals surface area contributed by atoms with Crippen molar-refractivity contribution in [3.63, 3.8) is 0 Å². The number of hydrogen-bond donors (Lipinski definition) is 0. The zero-order valence-electron chi connectivity index (χ0n) is 17.8. The molecule has 0 saturated carbocycles. The van der Waals surface area contributed by atoms with Crippen molar-refractivity contribution in [2.45, 2.75) is 13.0 Å². The number of halogens is 1. The first-order valence-corrected chi connectivity index (χ1v) is 10.6. The molecule has 1 saturated heterocycles. The molecule has 1 fully saturated rings. The molecular formula is C22H26ClN5O3. The van der Waals surface area contributed by atoms with Crippen molar-refractivity contribution in [2.24, 2.45) is 0 Å². The van der Waals surface area contributed by atoms with E-state index < -0.39 is 0 Å². The molecule has 2 aliphatic heterocycles. The lowest BCUT2D eigenvalue weighted by Gasteiger charge is -2.38. The Balaban J connectivity index is 1.61. The average Bonchev–Trinajstić information content (AvgIpc) is 2.82. The van der Waals surface area contributed by atoms with Crippen molar-refractivity contribution >= 4 is 29.0 Å². The molecule has 1 amide bonds. The van der Waals surface area contributed by atoms with Crippen LogP contribution in [0.4, 0.5) is 11.5 Å². The monoisotopic (exact) mass is 443 g/mol. The van der Waals surface area contributed by atoms with Gasteiger partial charge in [0.15, 0.2) is 5.75 Å². The maximum atomic E-state index is 11.9. The number of fused-ring (bicyclic) bond motifs is 1. The molecule has 1 aromatic heterocycles. The number of nitrogens with zero attached hydrogens (tertiary/aromatic N) is 5. The SMILES string of the molecule is C=CC(=O)N1CCN(c2nc(OC)nc3c2CCN(c2cccc(Cl)c2OC)C3)CC1. The summed E-state index contributed by atoms with van der Waals surface area (Å²) < 4.78 is 10.9. The molecule has 3 heterocycles. The highest BCUT2D eigenvalue weighted by atomic mass is 35.5. The van der Waals surface area contributed by atoms with E-state index in [4.69, 9.17) is 21.1 Å². The first-order chi connectivity index (χ1) is 15.0. The van der Waals surface area contributed by atoms with E-state index in [2.05, 4.69) is 26.3 Å². The van der Waals surface area contributed by atoms with Crippen LogP contribution in [0.1, 0.15) is 11.3 Å². The van der Waals surface area contributed by atoms with Crippen LogP contribution in [0.15, 0.2) is 30.9 Å². The fourth-order valence-electron chi connectivity index (χ4n) is 4.16. The molecule has 0 bridgehead atoms. The summed E-state index contributed by atoms with van der Waals surface area (Å²) in [5.74, 6) is 1.52. The van der Waals surface area contributed by atoms with Crippen molar-refractivity contribution in [3.8, 4) is 11.8 Å². The second-order valence-electron chi connectivity index (χ2n) is 7.44. The molecule has 0 aliphatic carbocycles. The van der Waals surface area contributed by atoms with Crippen LogP contribution in [-0.4, -0.2) is 67.7 Å². The predicted molar refractivity (Wildman–Crippen MR) is 120 cm³/mol. The molecule has 9 heteroatoms. The number of anilines is 2. The number of carbonyl (C=O) groups is 1. The summed E-state index contributed by atoms with van der Waals surface area (Å²) >= 11 is 6.33. The summed E-state index contributed by atoms with van der Waals surface area (Å²) in [7, 11) is 3.20. The Morgan fingerprint density at radius 3 is 2.55 bits per heavy atom. The van der Waals surface area contributed by atoms with Gasteiger partial charge in [-0.1, -0.05) is 24.2 Å². The van der Waals surface area contributed by atoms with Crippen molar-refractivity contribution in [2.75, 3.05) is 56.7 Å². The predicted octanol–water partition coefficient (Wildman–Crippen LogP) is 2.54. The lowest BCUT2D eigenvalue weighted by molar-refractivity contribution is -0.126. The fourth-order valence-corrected chi connectivity index (χ4v) is 4.41. The van der Waals surface area contributed by atoms with Gasteiger partial charge in [-0.15, -0.1) is 0 Å². The van der Waals surface area contributed by atoms with Gasteiger partial charge in [0.2, 0.25) is 5.91 Å². The van der Waals surface area contributed by atoms with E-state index in [1.807, 2.05) is 23.1 Å². The average molecular weight is 444 g/mol. The first kappa shape index (κ1) is 21.2. The zero-order valence-corrected chi connectivity index (χ0v) is 18.6. The number of methoxy groups -OCH3 is 2. The largest absolute Gasteiger partial charge is 0.493 e. The third-order valence-electron chi connectivity index (χ3n) is 5.76. The van der Waals surface area contributed by atoms with Gasteiger partial charge in [-0.25, -0.2) is 0 Å². The molecule has 0 unspecified atom stereocenters. The molecule has 2 aliphatic rings. The van der Waals surface area contributed by atoms with Gasteiger partial charge < -0.3 is 24.2 Å². The van der Waals surface area contributed by atoms with Crippen LogP contribution in [-0.2, 0) is 17.8 Å². The summed E-state index contributed by atoms with van der Waals surface area (Å²) in [6.45, 7) is 7.66. The van der Waals surface area contributed by atoms with Crippen LogP contribution in [0, 0.1) is 0 Å². The second kappa shape index (κ2) is 9.01. The molecule has 0 atom stereocenters. The van der Waals surface area contributed by atoms with Gasteiger partial charge in [0.25, 0.3) is 0 Å². The third kappa shape index (κ3) is 4.12. The third-order valence-corrected chi connectivity index (χ3v) is 6.06. The Hall–Kier alpha value is -3.00. The van der Waals surface area contributed by atoms with Gasteiger partial charge in [0.1, 0.15) is 5.82 Å². The summed E-state index contributed by atoms with van der Waals surface area (Å²) in [6.07, 6.45) is 2.15. The molecule has 0 radical (unpaired) electrons. The van der Waals surface area contributed by atoms with Gasteiger partial charge in [0.05, 0.1) is 37.2 Å². The Kier molecular flexibility index (Phi) is 6.18. The normalized spacial score (nSPS) is 16.0. The van der Waals surface area contributed by atoms with E-state index in [1.165, 1.54) is 6.08 Å². The van der Waals surface area contributed by atoms with E-state index in [9.17, 15) is 4.79 Å². The fraction of sp³-hybridized carbons (Fsp3) is 0.409. The number of amides is 1. The summed E-state index contributed by atoms with van der Waals surface area (Å²) in [4.78, 5) is 27.5. The number of hydrogen-bond acceptors (Lipinski definition) is 7. The molecule has 1 aromatic carbocycles. The topological polar surface area (TPSA) is 71.0 Å². The van der Waals surface area contributed by atoms with E-state index in [0.717, 1.165) is 35.7 Å². The number of piperazine rings is 1. The highest BCUT2D eigenvalue weighted by Gasteiger charge is 2.29. The van der Waals surface area contributed by atoms with Gasteiger partial charge in [0, 0.05) is 38.3 Å². The lowest BCUT2D eigenvalue weighted by Crippen LogP contribution is -2.49. The molecule has 8 nitrogen and oxygen atoms in total. The highest BCUT2D eigenvalue weighted by molar-refractivity contribution is 6.32. The van der Waals surface area contributed by atoms with Crippen LogP contribution in [0.3, 0.4) is 0 Å². The molecular weight excluding hydrogens is 418 g/mol. The van der Waals surface area contributed by atoms with Crippen LogP contribution < -0.4 is 19.3 Å². The minimum atomic E-state index is -0.0342. The van der Waals surface area contributed by atoms with Crippen LogP contribution in [0.2, 0.25) is 5.02 Å².